The summed E-state index contributed by atoms with van der Waals surface area (Å²) in [7, 11) is 0. The van der Waals surface area contributed by atoms with E-state index in [4.69, 9.17) is 5.73 Å². The van der Waals surface area contributed by atoms with E-state index in [1.807, 2.05) is 11.8 Å². The van der Waals surface area contributed by atoms with Crippen LogP contribution in [0.25, 0.3) is 0 Å². The van der Waals surface area contributed by atoms with E-state index in [1.54, 1.807) is 19.2 Å². The van der Waals surface area contributed by atoms with Gasteiger partial charge in [0.1, 0.15) is 11.5 Å². The smallest absolute Gasteiger partial charge is 0.227 e. The molecule has 4 nitrogen and oxygen atoms in total. The third kappa shape index (κ3) is 2.08. The van der Waals surface area contributed by atoms with E-state index in [1.165, 1.54) is 0 Å². The van der Waals surface area contributed by atoms with Gasteiger partial charge in [0.15, 0.2) is 0 Å². The van der Waals surface area contributed by atoms with Crippen molar-refractivity contribution >= 4 is 11.8 Å². The molecule has 1 aromatic heterocycles. The fourth-order valence-corrected chi connectivity index (χ4v) is 1.94. The van der Waals surface area contributed by atoms with Crippen LogP contribution in [0.2, 0.25) is 0 Å². The SMILES string of the molecule is C[C@H]1CCN(c2nccc(N)n2)C[C@@]1(C)F. The summed E-state index contributed by atoms with van der Waals surface area (Å²) < 4.78 is 14.2. The van der Waals surface area contributed by atoms with Crippen molar-refractivity contribution in [2.24, 2.45) is 5.92 Å². The van der Waals surface area contributed by atoms with Gasteiger partial charge in [-0.25, -0.2) is 9.37 Å². The molecule has 2 atom stereocenters. The Morgan fingerprint density at radius 2 is 2.38 bits per heavy atom. The molecule has 0 amide bonds. The molecule has 0 aliphatic carbocycles. The third-order valence-electron chi connectivity index (χ3n) is 3.31. The number of alkyl halides is 1. The summed E-state index contributed by atoms with van der Waals surface area (Å²) in [5, 5.41) is 0. The molecule has 0 unspecified atom stereocenters. The van der Waals surface area contributed by atoms with Crippen LogP contribution in [0.5, 0.6) is 0 Å². The monoisotopic (exact) mass is 224 g/mol. The van der Waals surface area contributed by atoms with Gasteiger partial charge in [0.05, 0.1) is 6.54 Å². The first-order valence-corrected chi connectivity index (χ1v) is 5.51. The predicted octanol–water partition coefficient (Wildman–Crippen LogP) is 1.63. The molecule has 0 bridgehead atoms. The lowest BCUT2D eigenvalue weighted by Crippen LogP contribution is -2.49. The summed E-state index contributed by atoms with van der Waals surface area (Å²) in [6, 6.07) is 1.63. The van der Waals surface area contributed by atoms with Crippen LogP contribution in [-0.2, 0) is 0 Å². The Morgan fingerprint density at radius 3 is 3.00 bits per heavy atom. The second-order valence-corrected chi connectivity index (χ2v) is 4.67. The Balaban J connectivity index is 2.18. The molecule has 2 N–H and O–H groups in total. The molecular formula is C11H17FN4. The van der Waals surface area contributed by atoms with E-state index in [0.29, 0.717) is 18.3 Å². The van der Waals surface area contributed by atoms with Gasteiger partial charge in [-0.3, -0.25) is 0 Å². The maximum atomic E-state index is 14.2. The van der Waals surface area contributed by atoms with Crippen molar-refractivity contribution in [2.75, 3.05) is 23.7 Å². The van der Waals surface area contributed by atoms with Crippen LogP contribution >= 0.6 is 0 Å². The number of nitrogens with two attached hydrogens (primary N) is 1. The fraction of sp³-hybridized carbons (Fsp3) is 0.636. The number of hydrogen-bond donors (Lipinski definition) is 1. The van der Waals surface area contributed by atoms with Gasteiger partial charge in [0.2, 0.25) is 5.95 Å². The van der Waals surface area contributed by atoms with E-state index in [0.717, 1.165) is 13.0 Å². The molecule has 1 aliphatic rings. The highest BCUT2D eigenvalue weighted by Crippen LogP contribution is 2.31. The number of halogens is 1. The molecule has 1 fully saturated rings. The average Bonchev–Trinajstić information content (AvgIpc) is 2.22. The van der Waals surface area contributed by atoms with Gasteiger partial charge in [-0.2, -0.15) is 4.98 Å². The molecule has 0 saturated carbocycles. The van der Waals surface area contributed by atoms with Gasteiger partial charge < -0.3 is 10.6 Å². The summed E-state index contributed by atoms with van der Waals surface area (Å²) in [5.74, 6) is 1.02. The van der Waals surface area contributed by atoms with Gasteiger partial charge in [-0.15, -0.1) is 0 Å². The van der Waals surface area contributed by atoms with Crippen molar-refractivity contribution in [3.8, 4) is 0 Å². The highest BCUT2D eigenvalue weighted by atomic mass is 19.1. The quantitative estimate of drug-likeness (QED) is 0.787. The minimum atomic E-state index is -1.19. The van der Waals surface area contributed by atoms with Crippen molar-refractivity contribution in [3.05, 3.63) is 12.3 Å². The zero-order valence-electron chi connectivity index (χ0n) is 9.65. The molecule has 1 aliphatic heterocycles. The summed E-state index contributed by atoms with van der Waals surface area (Å²) >= 11 is 0. The lowest BCUT2D eigenvalue weighted by molar-refractivity contribution is 0.0950. The molecule has 2 rings (SSSR count). The van der Waals surface area contributed by atoms with E-state index in [-0.39, 0.29) is 5.92 Å². The maximum Gasteiger partial charge on any atom is 0.227 e. The van der Waals surface area contributed by atoms with Gasteiger partial charge >= 0.3 is 0 Å². The molecule has 5 heteroatoms. The van der Waals surface area contributed by atoms with Crippen LogP contribution in [0.15, 0.2) is 12.3 Å². The predicted molar refractivity (Wildman–Crippen MR) is 62.0 cm³/mol. The Bertz CT molecular complexity index is 380. The first kappa shape index (κ1) is 11.1. The van der Waals surface area contributed by atoms with Gasteiger partial charge in [-0.05, 0) is 25.3 Å². The topological polar surface area (TPSA) is 55.0 Å². The molecule has 16 heavy (non-hydrogen) atoms. The largest absolute Gasteiger partial charge is 0.384 e. The normalized spacial score (nSPS) is 30.4. The van der Waals surface area contributed by atoms with Crippen molar-refractivity contribution in [1.82, 2.24) is 9.97 Å². The zero-order valence-corrected chi connectivity index (χ0v) is 9.65. The third-order valence-corrected chi connectivity index (χ3v) is 3.31. The second kappa shape index (κ2) is 3.88. The van der Waals surface area contributed by atoms with E-state index < -0.39 is 5.67 Å². The number of anilines is 2. The Morgan fingerprint density at radius 1 is 1.62 bits per heavy atom. The number of aromatic nitrogens is 2. The highest BCUT2D eigenvalue weighted by Gasteiger charge is 2.37. The zero-order chi connectivity index (χ0) is 11.8. The minimum absolute atomic E-state index is 0.0739. The van der Waals surface area contributed by atoms with Gasteiger partial charge in [-0.1, -0.05) is 6.92 Å². The molecule has 0 spiro atoms. The number of rotatable bonds is 1. The standard InChI is InChI=1S/C11H17FN4/c1-8-4-6-16(7-11(8,2)12)10-14-5-3-9(13)15-10/h3,5,8H,4,6-7H2,1-2H3,(H2,13,14,15)/t8-,11+/m0/s1. The van der Waals surface area contributed by atoms with Crippen molar-refractivity contribution in [1.29, 1.82) is 0 Å². The number of nitrogen functional groups attached to an aromatic ring is 1. The molecule has 0 aromatic carbocycles. The summed E-state index contributed by atoms with van der Waals surface area (Å²) in [4.78, 5) is 10.1. The van der Waals surface area contributed by atoms with Crippen molar-refractivity contribution in [3.63, 3.8) is 0 Å². The van der Waals surface area contributed by atoms with Crippen LogP contribution in [-0.4, -0.2) is 28.7 Å². The lowest BCUT2D eigenvalue weighted by Gasteiger charge is -2.39. The number of piperidine rings is 1. The highest BCUT2D eigenvalue weighted by molar-refractivity contribution is 5.38. The van der Waals surface area contributed by atoms with E-state index in [9.17, 15) is 4.39 Å². The summed E-state index contributed by atoms with van der Waals surface area (Å²) in [5.41, 5.74) is 4.40. The molecule has 88 valence electrons. The number of nitrogens with zero attached hydrogens (tertiary/aromatic N) is 3. The van der Waals surface area contributed by atoms with E-state index in [2.05, 4.69) is 9.97 Å². The molecule has 0 radical (unpaired) electrons. The first-order valence-electron chi connectivity index (χ1n) is 5.51. The molecule has 2 heterocycles. The average molecular weight is 224 g/mol. The minimum Gasteiger partial charge on any atom is -0.384 e. The van der Waals surface area contributed by atoms with E-state index >= 15 is 0 Å². The molecule has 1 saturated heterocycles. The molecule has 1 aromatic rings. The second-order valence-electron chi connectivity index (χ2n) is 4.67. The molecular weight excluding hydrogens is 207 g/mol. The Labute approximate surface area is 94.7 Å². The Kier molecular flexibility index (Phi) is 2.69. The maximum absolute atomic E-state index is 14.2. The first-order chi connectivity index (χ1) is 7.49. The van der Waals surface area contributed by atoms with Crippen LogP contribution < -0.4 is 10.6 Å². The van der Waals surface area contributed by atoms with Gasteiger partial charge in [0.25, 0.3) is 0 Å². The summed E-state index contributed by atoms with van der Waals surface area (Å²) in [6.45, 7) is 4.69. The van der Waals surface area contributed by atoms with Gasteiger partial charge in [0, 0.05) is 12.7 Å². The lowest BCUT2D eigenvalue weighted by atomic mass is 9.86. The summed E-state index contributed by atoms with van der Waals surface area (Å²) in [6.07, 6.45) is 2.41. The fourth-order valence-electron chi connectivity index (χ4n) is 1.94. The van der Waals surface area contributed by atoms with Crippen LogP contribution in [0.4, 0.5) is 16.2 Å². The van der Waals surface area contributed by atoms with Crippen LogP contribution in [0.3, 0.4) is 0 Å². The Hall–Kier alpha value is -1.39. The van der Waals surface area contributed by atoms with Crippen LogP contribution in [0, 0.1) is 5.92 Å². The van der Waals surface area contributed by atoms with Crippen LogP contribution in [0.1, 0.15) is 20.3 Å². The number of hydrogen-bond acceptors (Lipinski definition) is 4. The van der Waals surface area contributed by atoms with Crippen molar-refractivity contribution < 1.29 is 4.39 Å². The van der Waals surface area contributed by atoms with Crippen molar-refractivity contribution in [2.45, 2.75) is 25.9 Å².